The quantitative estimate of drug-likeness (QED) is 0.869. The first-order chi connectivity index (χ1) is 8.11. The molecule has 17 heavy (non-hydrogen) atoms. The van der Waals surface area contributed by atoms with E-state index in [1.165, 1.54) is 25.7 Å². The SMILES string of the molecule is CCCNc1nc(C2CCC(C)(C)CC2)no1. The Balaban J connectivity index is 1.92. The normalized spacial score (nSPS) is 20.4. The molecule has 0 aromatic carbocycles. The summed E-state index contributed by atoms with van der Waals surface area (Å²) in [6.07, 6.45) is 5.93. The molecule has 0 spiro atoms. The highest BCUT2D eigenvalue weighted by molar-refractivity contribution is 5.19. The van der Waals surface area contributed by atoms with Gasteiger partial charge in [-0.3, -0.25) is 0 Å². The van der Waals surface area contributed by atoms with E-state index < -0.39 is 0 Å². The minimum Gasteiger partial charge on any atom is -0.338 e. The van der Waals surface area contributed by atoms with Crippen LogP contribution in [0.4, 0.5) is 6.01 Å². The lowest BCUT2D eigenvalue weighted by molar-refractivity contribution is 0.218. The lowest BCUT2D eigenvalue weighted by Crippen LogP contribution is -2.20. The number of rotatable bonds is 4. The van der Waals surface area contributed by atoms with E-state index in [1.807, 2.05) is 0 Å². The topological polar surface area (TPSA) is 51.0 Å². The zero-order chi connectivity index (χ0) is 12.3. The molecular weight excluding hydrogens is 214 g/mol. The predicted molar refractivity (Wildman–Crippen MR) is 68.1 cm³/mol. The third-order valence-corrected chi connectivity index (χ3v) is 3.67. The van der Waals surface area contributed by atoms with Crippen molar-refractivity contribution >= 4 is 6.01 Å². The van der Waals surface area contributed by atoms with E-state index in [0.717, 1.165) is 18.8 Å². The molecular formula is C13H23N3O. The van der Waals surface area contributed by atoms with Gasteiger partial charge in [-0.2, -0.15) is 4.98 Å². The highest BCUT2D eigenvalue weighted by Gasteiger charge is 2.30. The van der Waals surface area contributed by atoms with E-state index in [0.29, 0.717) is 17.3 Å². The average molecular weight is 237 g/mol. The zero-order valence-corrected chi connectivity index (χ0v) is 11.1. The molecule has 1 N–H and O–H groups in total. The van der Waals surface area contributed by atoms with E-state index >= 15 is 0 Å². The first kappa shape index (κ1) is 12.4. The van der Waals surface area contributed by atoms with Crippen LogP contribution in [0.1, 0.15) is 64.6 Å². The summed E-state index contributed by atoms with van der Waals surface area (Å²) >= 11 is 0. The fourth-order valence-corrected chi connectivity index (χ4v) is 2.36. The third-order valence-electron chi connectivity index (χ3n) is 3.67. The first-order valence-corrected chi connectivity index (χ1v) is 6.68. The van der Waals surface area contributed by atoms with Gasteiger partial charge in [0.15, 0.2) is 5.82 Å². The lowest BCUT2D eigenvalue weighted by atomic mass is 9.73. The van der Waals surface area contributed by atoms with Crippen LogP contribution in [0.2, 0.25) is 0 Å². The minimum absolute atomic E-state index is 0.490. The third kappa shape index (κ3) is 3.20. The van der Waals surface area contributed by atoms with Gasteiger partial charge in [-0.25, -0.2) is 0 Å². The van der Waals surface area contributed by atoms with Crippen LogP contribution in [0, 0.1) is 5.41 Å². The number of hydrogen-bond acceptors (Lipinski definition) is 4. The standard InChI is InChI=1S/C13H23N3O/c1-4-9-14-12-15-11(16-17-12)10-5-7-13(2,3)8-6-10/h10H,4-9H2,1-3H3,(H,14,15,16). The van der Waals surface area contributed by atoms with E-state index in [2.05, 4.69) is 36.2 Å². The van der Waals surface area contributed by atoms with Gasteiger partial charge in [-0.05, 0) is 37.5 Å². The largest absolute Gasteiger partial charge is 0.338 e. The van der Waals surface area contributed by atoms with Crippen molar-refractivity contribution in [3.05, 3.63) is 5.82 Å². The molecule has 0 saturated heterocycles. The summed E-state index contributed by atoms with van der Waals surface area (Å²) in [6, 6.07) is 0.576. The van der Waals surface area contributed by atoms with Crippen LogP contribution < -0.4 is 5.32 Å². The van der Waals surface area contributed by atoms with Crippen molar-refractivity contribution in [1.29, 1.82) is 0 Å². The summed E-state index contributed by atoms with van der Waals surface area (Å²) in [7, 11) is 0. The van der Waals surface area contributed by atoms with E-state index in [-0.39, 0.29) is 0 Å². The van der Waals surface area contributed by atoms with Gasteiger partial charge < -0.3 is 9.84 Å². The van der Waals surface area contributed by atoms with Gasteiger partial charge >= 0.3 is 6.01 Å². The monoisotopic (exact) mass is 237 g/mol. The van der Waals surface area contributed by atoms with Crippen molar-refractivity contribution < 1.29 is 4.52 Å². The Morgan fingerprint density at radius 2 is 2.06 bits per heavy atom. The maximum atomic E-state index is 5.20. The van der Waals surface area contributed by atoms with Gasteiger partial charge in [0, 0.05) is 12.5 Å². The van der Waals surface area contributed by atoms with Crippen LogP contribution in [0.25, 0.3) is 0 Å². The summed E-state index contributed by atoms with van der Waals surface area (Å²) in [4.78, 5) is 4.43. The second-order valence-electron chi connectivity index (χ2n) is 5.82. The Labute approximate surface area is 103 Å². The van der Waals surface area contributed by atoms with Crippen molar-refractivity contribution in [3.8, 4) is 0 Å². The van der Waals surface area contributed by atoms with Crippen LogP contribution >= 0.6 is 0 Å². The summed E-state index contributed by atoms with van der Waals surface area (Å²) in [5, 5.41) is 7.22. The Morgan fingerprint density at radius 1 is 1.35 bits per heavy atom. The van der Waals surface area contributed by atoms with Crippen molar-refractivity contribution in [2.24, 2.45) is 5.41 Å². The maximum Gasteiger partial charge on any atom is 0.321 e. The zero-order valence-electron chi connectivity index (χ0n) is 11.1. The molecule has 2 rings (SSSR count). The average Bonchev–Trinajstić information content (AvgIpc) is 2.75. The fraction of sp³-hybridized carbons (Fsp3) is 0.846. The molecule has 0 atom stereocenters. The summed E-state index contributed by atoms with van der Waals surface area (Å²) < 4.78 is 5.20. The van der Waals surface area contributed by atoms with Gasteiger partial charge in [-0.1, -0.05) is 25.9 Å². The Bertz CT molecular complexity index is 349. The Hall–Kier alpha value is -1.06. The first-order valence-electron chi connectivity index (χ1n) is 6.68. The summed E-state index contributed by atoms with van der Waals surface area (Å²) in [6.45, 7) is 7.69. The molecule has 1 saturated carbocycles. The lowest BCUT2D eigenvalue weighted by Gasteiger charge is -2.32. The van der Waals surface area contributed by atoms with Crippen LogP contribution in [-0.4, -0.2) is 16.7 Å². The molecule has 1 fully saturated rings. The number of hydrogen-bond donors (Lipinski definition) is 1. The van der Waals surface area contributed by atoms with Gasteiger partial charge in [0.1, 0.15) is 0 Å². The van der Waals surface area contributed by atoms with Gasteiger partial charge in [0.05, 0.1) is 0 Å². The van der Waals surface area contributed by atoms with Crippen LogP contribution in [0.5, 0.6) is 0 Å². The highest BCUT2D eigenvalue weighted by Crippen LogP contribution is 2.41. The van der Waals surface area contributed by atoms with Crippen molar-refractivity contribution in [1.82, 2.24) is 10.1 Å². The molecule has 1 aromatic rings. The maximum absolute atomic E-state index is 5.20. The van der Waals surface area contributed by atoms with E-state index in [9.17, 15) is 0 Å². The Kier molecular flexibility index (Phi) is 3.69. The van der Waals surface area contributed by atoms with Crippen LogP contribution in [0.3, 0.4) is 0 Å². The smallest absolute Gasteiger partial charge is 0.321 e. The molecule has 96 valence electrons. The van der Waals surface area contributed by atoms with E-state index in [1.54, 1.807) is 0 Å². The van der Waals surface area contributed by atoms with E-state index in [4.69, 9.17) is 4.52 Å². The van der Waals surface area contributed by atoms with Crippen molar-refractivity contribution in [3.63, 3.8) is 0 Å². The predicted octanol–water partition coefficient (Wildman–Crippen LogP) is 3.58. The summed E-state index contributed by atoms with van der Waals surface area (Å²) in [5.41, 5.74) is 0.490. The fourth-order valence-electron chi connectivity index (χ4n) is 2.36. The van der Waals surface area contributed by atoms with Gasteiger partial charge in [-0.15, -0.1) is 0 Å². The Morgan fingerprint density at radius 3 is 2.71 bits per heavy atom. The van der Waals surface area contributed by atoms with Crippen LogP contribution in [0.15, 0.2) is 4.52 Å². The molecule has 4 nitrogen and oxygen atoms in total. The highest BCUT2D eigenvalue weighted by atomic mass is 16.5. The number of nitrogens with zero attached hydrogens (tertiary/aromatic N) is 2. The second-order valence-corrected chi connectivity index (χ2v) is 5.82. The van der Waals surface area contributed by atoms with Crippen molar-refractivity contribution in [2.75, 3.05) is 11.9 Å². The molecule has 0 amide bonds. The molecule has 0 bridgehead atoms. The number of anilines is 1. The number of aromatic nitrogens is 2. The summed E-state index contributed by atoms with van der Waals surface area (Å²) in [5.74, 6) is 1.38. The minimum atomic E-state index is 0.490. The molecule has 0 aliphatic heterocycles. The molecule has 4 heteroatoms. The number of nitrogens with one attached hydrogen (secondary N) is 1. The molecule has 0 radical (unpaired) electrons. The van der Waals surface area contributed by atoms with Crippen molar-refractivity contribution in [2.45, 2.75) is 58.8 Å². The van der Waals surface area contributed by atoms with Crippen LogP contribution in [-0.2, 0) is 0 Å². The molecule has 1 heterocycles. The van der Waals surface area contributed by atoms with Gasteiger partial charge in [0.2, 0.25) is 0 Å². The molecule has 1 aliphatic carbocycles. The van der Waals surface area contributed by atoms with Gasteiger partial charge in [0.25, 0.3) is 0 Å². The molecule has 1 aromatic heterocycles. The molecule has 1 aliphatic rings. The second kappa shape index (κ2) is 5.07. The molecule has 0 unspecified atom stereocenters.